The second-order valence-corrected chi connectivity index (χ2v) is 7.46. The van der Waals surface area contributed by atoms with Crippen molar-refractivity contribution >= 4 is 27.6 Å². The highest BCUT2D eigenvalue weighted by atomic mass is 32.2. The Kier molecular flexibility index (Phi) is 7.70. The van der Waals surface area contributed by atoms with Crippen molar-refractivity contribution in [1.82, 2.24) is 5.32 Å². The molecule has 1 rings (SSSR count). The zero-order valence-electron chi connectivity index (χ0n) is 13.9. The van der Waals surface area contributed by atoms with Crippen molar-refractivity contribution in [3.8, 4) is 0 Å². The molecule has 8 heteroatoms. The van der Waals surface area contributed by atoms with E-state index in [1.165, 1.54) is 31.2 Å². The number of anilines is 1. The Bertz CT molecular complexity index is 673. The first-order chi connectivity index (χ1) is 11.3. The van der Waals surface area contributed by atoms with E-state index in [4.69, 9.17) is 0 Å². The van der Waals surface area contributed by atoms with E-state index in [1.54, 1.807) is 0 Å². The Morgan fingerprint density at radius 2 is 1.92 bits per heavy atom. The summed E-state index contributed by atoms with van der Waals surface area (Å²) in [5, 5.41) is 11.7. The monoisotopic (exact) mass is 356 g/mol. The molecule has 134 valence electrons. The summed E-state index contributed by atoms with van der Waals surface area (Å²) in [5.74, 6) is -1.71. The normalized spacial score (nSPS) is 12.4. The number of hydrogen-bond acceptors (Lipinski definition) is 4. The fraction of sp³-hybridized carbons (Fsp3) is 0.500. The summed E-state index contributed by atoms with van der Waals surface area (Å²) in [5.41, 5.74) is 0.468. The third kappa shape index (κ3) is 6.57. The molecule has 0 heterocycles. The summed E-state index contributed by atoms with van der Waals surface area (Å²) in [6.07, 6.45) is 2.93. The van der Waals surface area contributed by atoms with Crippen LogP contribution in [0.4, 0.5) is 5.69 Å². The lowest BCUT2D eigenvalue weighted by Crippen LogP contribution is -2.40. The van der Waals surface area contributed by atoms with E-state index in [0.29, 0.717) is 12.8 Å². The summed E-state index contributed by atoms with van der Waals surface area (Å²) in [4.78, 5) is 23.5. The number of hydrogen-bond donors (Lipinski definition) is 3. The van der Waals surface area contributed by atoms with Crippen LogP contribution in [0.25, 0.3) is 0 Å². The van der Waals surface area contributed by atoms with E-state index < -0.39 is 27.9 Å². The maximum absolute atomic E-state index is 12.2. The van der Waals surface area contributed by atoms with Crippen molar-refractivity contribution in [2.24, 2.45) is 0 Å². The SMILES string of the molecule is CCCCCC(NC(=O)c1cccc(NS(=O)(=O)CC)c1)C(=O)O. The zero-order valence-corrected chi connectivity index (χ0v) is 14.7. The predicted molar refractivity (Wildman–Crippen MR) is 92.6 cm³/mol. The summed E-state index contributed by atoms with van der Waals surface area (Å²) in [6, 6.07) is 4.99. The molecule has 0 saturated heterocycles. The van der Waals surface area contributed by atoms with Gasteiger partial charge in [0.05, 0.1) is 5.75 Å². The molecule has 0 aromatic heterocycles. The molecule has 0 saturated carbocycles. The van der Waals surface area contributed by atoms with Gasteiger partial charge in [0, 0.05) is 11.3 Å². The largest absolute Gasteiger partial charge is 0.480 e. The first-order valence-electron chi connectivity index (χ1n) is 7.93. The Hall–Kier alpha value is -2.09. The molecule has 1 aromatic carbocycles. The third-order valence-electron chi connectivity index (χ3n) is 3.48. The standard InChI is InChI=1S/C16H24N2O5S/c1-3-5-6-10-14(16(20)21)17-15(19)12-8-7-9-13(11-12)18-24(22,23)4-2/h7-9,11,14,18H,3-6,10H2,1-2H3,(H,17,19)(H,20,21). The molecule has 0 aliphatic rings. The second kappa shape index (κ2) is 9.27. The minimum Gasteiger partial charge on any atom is -0.480 e. The van der Waals surface area contributed by atoms with Crippen molar-refractivity contribution in [2.45, 2.75) is 45.6 Å². The van der Waals surface area contributed by atoms with E-state index in [-0.39, 0.29) is 17.0 Å². The quantitative estimate of drug-likeness (QED) is 0.556. The molecule has 0 fully saturated rings. The summed E-state index contributed by atoms with van der Waals surface area (Å²) in [6.45, 7) is 3.52. The van der Waals surface area contributed by atoms with Crippen LogP contribution in [-0.2, 0) is 14.8 Å². The van der Waals surface area contributed by atoms with Gasteiger partial charge in [-0.15, -0.1) is 0 Å². The average Bonchev–Trinajstić information content (AvgIpc) is 2.53. The van der Waals surface area contributed by atoms with Crippen LogP contribution >= 0.6 is 0 Å². The van der Waals surface area contributed by atoms with Gasteiger partial charge in [-0.2, -0.15) is 0 Å². The van der Waals surface area contributed by atoms with Gasteiger partial charge in [-0.25, -0.2) is 13.2 Å². The van der Waals surface area contributed by atoms with Crippen LogP contribution in [0.15, 0.2) is 24.3 Å². The zero-order chi connectivity index (χ0) is 18.2. The average molecular weight is 356 g/mol. The van der Waals surface area contributed by atoms with E-state index in [0.717, 1.165) is 12.8 Å². The molecule has 7 nitrogen and oxygen atoms in total. The van der Waals surface area contributed by atoms with Crippen molar-refractivity contribution in [3.05, 3.63) is 29.8 Å². The number of benzene rings is 1. The number of nitrogens with one attached hydrogen (secondary N) is 2. The second-order valence-electron chi connectivity index (χ2n) is 5.45. The van der Waals surface area contributed by atoms with E-state index >= 15 is 0 Å². The number of rotatable bonds is 10. The fourth-order valence-electron chi connectivity index (χ4n) is 2.07. The first-order valence-corrected chi connectivity index (χ1v) is 9.58. The molecular formula is C16H24N2O5S. The highest BCUT2D eigenvalue weighted by molar-refractivity contribution is 7.92. The Morgan fingerprint density at radius 3 is 2.50 bits per heavy atom. The molecule has 0 bridgehead atoms. The number of carboxylic acid groups (broad SMARTS) is 1. The number of carbonyl (C=O) groups is 2. The highest BCUT2D eigenvalue weighted by Gasteiger charge is 2.20. The summed E-state index contributed by atoms with van der Waals surface area (Å²) < 4.78 is 25.5. The maximum Gasteiger partial charge on any atom is 0.326 e. The highest BCUT2D eigenvalue weighted by Crippen LogP contribution is 2.13. The number of amides is 1. The molecule has 1 amide bonds. The number of carboxylic acids is 1. The minimum absolute atomic E-state index is 0.0814. The lowest BCUT2D eigenvalue weighted by Gasteiger charge is -2.15. The summed E-state index contributed by atoms with van der Waals surface area (Å²) in [7, 11) is -3.44. The van der Waals surface area contributed by atoms with Gasteiger partial charge in [0.2, 0.25) is 10.0 Å². The van der Waals surface area contributed by atoms with Gasteiger partial charge < -0.3 is 10.4 Å². The van der Waals surface area contributed by atoms with E-state index in [2.05, 4.69) is 10.0 Å². The van der Waals surface area contributed by atoms with Crippen LogP contribution < -0.4 is 10.0 Å². The molecule has 0 aliphatic carbocycles. The topological polar surface area (TPSA) is 113 Å². The Balaban J connectivity index is 2.81. The molecule has 1 unspecified atom stereocenters. The van der Waals surface area contributed by atoms with Crippen molar-refractivity contribution in [1.29, 1.82) is 0 Å². The third-order valence-corrected chi connectivity index (χ3v) is 4.78. The molecule has 0 spiro atoms. The molecule has 0 radical (unpaired) electrons. The van der Waals surface area contributed by atoms with Crippen LogP contribution in [-0.4, -0.2) is 37.2 Å². The smallest absolute Gasteiger partial charge is 0.326 e. The maximum atomic E-state index is 12.2. The van der Waals surface area contributed by atoms with Gasteiger partial charge in [-0.05, 0) is 31.5 Å². The molecular weight excluding hydrogens is 332 g/mol. The summed E-state index contributed by atoms with van der Waals surface area (Å²) >= 11 is 0. The van der Waals surface area contributed by atoms with Gasteiger partial charge in [-0.1, -0.05) is 32.3 Å². The van der Waals surface area contributed by atoms with Crippen LogP contribution in [0.2, 0.25) is 0 Å². The number of aliphatic carboxylic acids is 1. The van der Waals surface area contributed by atoms with Gasteiger partial charge in [0.25, 0.3) is 5.91 Å². The van der Waals surface area contributed by atoms with Crippen molar-refractivity contribution in [2.75, 3.05) is 10.5 Å². The van der Waals surface area contributed by atoms with Crippen molar-refractivity contribution in [3.63, 3.8) is 0 Å². The molecule has 0 aliphatic heterocycles. The first kappa shape index (κ1) is 20.0. The number of unbranched alkanes of at least 4 members (excludes halogenated alkanes) is 2. The predicted octanol–water partition coefficient (Wildman–Crippen LogP) is 2.21. The van der Waals surface area contributed by atoms with E-state index in [1.807, 2.05) is 6.92 Å². The van der Waals surface area contributed by atoms with Crippen LogP contribution in [0.5, 0.6) is 0 Å². The van der Waals surface area contributed by atoms with Crippen LogP contribution in [0.1, 0.15) is 49.9 Å². The van der Waals surface area contributed by atoms with Gasteiger partial charge in [0.1, 0.15) is 6.04 Å². The molecule has 1 atom stereocenters. The van der Waals surface area contributed by atoms with Crippen LogP contribution in [0, 0.1) is 0 Å². The fourth-order valence-corrected chi connectivity index (χ4v) is 2.70. The lowest BCUT2D eigenvalue weighted by atomic mass is 10.1. The molecule has 3 N–H and O–H groups in total. The van der Waals surface area contributed by atoms with Gasteiger partial charge >= 0.3 is 5.97 Å². The lowest BCUT2D eigenvalue weighted by molar-refractivity contribution is -0.139. The van der Waals surface area contributed by atoms with E-state index in [9.17, 15) is 23.1 Å². The van der Waals surface area contributed by atoms with Crippen LogP contribution in [0.3, 0.4) is 0 Å². The van der Waals surface area contributed by atoms with Gasteiger partial charge in [0.15, 0.2) is 0 Å². The molecule has 1 aromatic rings. The van der Waals surface area contributed by atoms with Crippen molar-refractivity contribution < 1.29 is 23.1 Å². The Labute approximate surface area is 142 Å². The van der Waals surface area contributed by atoms with Gasteiger partial charge in [-0.3, -0.25) is 9.52 Å². The Morgan fingerprint density at radius 1 is 1.21 bits per heavy atom. The minimum atomic E-state index is -3.44. The number of carbonyl (C=O) groups excluding carboxylic acids is 1. The number of sulfonamides is 1. The molecule has 24 heavy (non-hydrogen) atoms.